The first kappa shape index (κ1) is 7.68. The van der Waals surface area contributed by atoms with E-state index in [1.807, 2.05) is 25.1 Å². The van der Waals surface area contributed by atoms with Crippen LogP contribution in [0.15, 0.2) is 18.2 Å². The Morgan fingerprint density at radius 2 is 2.18 bits per heavy atom. The van der Waals surface area contributed by atoms with Crippen molar-refractivity contribution in [2.75, 3.05) is 7.11 Å². The van der Waals surface area contributed by atoms with Crippen LogP contribution in [0.3, 0.4) is 0 Å². The van der Waals surface area contributed by atoms with Gasteiger partial charge in [-0.1, -0.05) is 18.1 Å². The van der Waals surface area contributed by atoms with Crippen LogP contribution >= 0.6 is 0 Å². The zero-order valence-electron chi connectivity index (χ0n) is 6.72. The first-order valence-electron chi connectivity index (χ1n) is 3.40. The van der Waals surface area contributed by atoms with Crippen LogP contribution in [-0.2, 0) is 0 Å². The highest BCUT2D eigenvalue weighted by Gasteiger charge is 2.00. The van der Waals surface area contributed by atoms with Gasteiger partial charge >= 0.3 is 0 Å². The number of aryl methyl sites for hydroxylation is 1. The van der Waals surface area contributed by atoms with Gasteiger partial charge in [-0.25, -0.2) is 0 Å². The van der Waals surface area contributed by atoms with E-state index in [0.717, 1.165) is 16.9 Å². The number of hydrogen-bond donors (Lipinski definition) is 0. The molecule has 0 saturated heterocycles. The molecule has 0 atom stereocenters. The first-order valence-corrected chi connectivity index (χ1v) is 3.40. The maximum absolute atomic E-state index is 5.30. The molecular weight excluding hydrogens is 136 g/mol. The highest BCUT2D eigenvalue weighted by molar-refractivity contribution is 5.49. The van der Waals surface area contributed by atoms with Crippen LogP contribution in [0.5, 0.6) is 5.75 Å². The number of terminal acetylenes is 1. The second-order valence-corrected chi connectivity index (χ2v) is 2.30. The molecule has 0 heterocycles. The third-order valence-corrected chi connectivity index (χ3v) is 1.60. The Balaban J connectivity index is 3.27. The van der Waals surface area contributed by atoms with Crippen molar-refractivity contribution in [3.05, 3.63) is 29.3 Å². The molecule has 0 aliphatic heterocycles. The van der Waals surface area contributed by atoms with E-state index in [1.165, 1.54) is 0 Å². The second-order valence-electron chi connectivity index (χ2n) is 2.30. The molecule has 0 amide bonds. The minimum atomic E-state index is 0.771. The normalized spacial score (nSPS) is 8.82. The second kappa shape index (κ2) is 3.12. The van der Waals surface area contributed by atoms with Crippen LogP contribution < -0.4 is 4.74 Å². The lowest BCUT2D eigenvalue weighted by molar-refractivity contribution is 0.413. The maximum Gasteiger partial charge on any atom is 0.134 e. The highest BCUT2D eigenvalue weighted by atomic mass is 16.5. The fourth-order valence-corrected chi connectivity index (χ4v) is 0.996. The Morgan fingerprint density at radius 3 is 2.64 bits per heavy atom. The summed E-state index contributed by atoms with van der Waals surface area (Å²) >= 11 is 0. The molecule has 11 heavy (non-hydrogen) atoms. The number of rotatable bonds is 1. The van der Waals surface area contributed by atoms with Crippen LogP contribution in [0.25, 0.3) is 0 Å². The molecule has 1 heteroatoms. The molecule has 1 aromatic rings. The third-order valence-electron chi connectivity index (χ3n) is 1.60. The van der Waals surface area contributed by atoms with Gasteiger partial charge in [0.25, 0.3) is 0 Å². The summed E-state index contributed by atoms with van der Waals surface area (Å²) in [7, 11) is 1.62. The highest BCUT2D eigenvalue weighted by Crippen LogP contribution is 2.19. The summed E-state index contributed by atoms with van der Waals surface area (Å²) in [6.07, 6.45) is 5.30. The van der Waals surface area contributed by atoms with Gasteiger partial charge in [0.05, 0.1) is 12.7 Å². The summed E-state index contributed by atoms with van der Waals surface area (Å²) in [4.78, 5) is 0. The lowest BCUT2D eigenvalue weighted by Gasteiger charge is -2.04. The molecule has 1 aromatic carbocycles. The van der Waals surface area contributed by atoms with E-state index in [2.05, 4.69) is 5.92 Å². The monoisotopic (exact) mass is 146 g/mol. The van der Waals surface area contributed by atoms with E-state index in [9.17, 15) is 0 Å². The molecule has 0 fully saturated rings. The van der Waals surface area contributed by atoms with E-state index < -0.39 is 0 Å². The molecule has 0 aliphatic rings. The smallest absolute Gasteiger partial charge is 0.134 e. The Bertz CT molecular complexity index is 294. The minimum Gasteiger partial charge on any atom is -0.495 e. The van der Waals surface area contributed by atoms with Crippen LogP contribution in [0.1, 0.15) is 11.1 Å². The lowest BCUT2D eigenvalue weighted by atomic mass is 10.1. The lowest BCUT2D eigenvalue weighted by Crippen LogP contribution is -1.89. The van der Waals surface area contributed by atoms with Gasteiger partial charge in [0.2, 0.25) is 0 Å². The zero-order chi connectivity index (χ0) is 8.27. The number of benzene rings is 1. The predicted octanol–water partition coefficient (Wildman–Crippen LogP) is 1.98. The predicted molar refractivity (Wildman–Crippen MR) is 45.7 cm³/mol. The number of hydrogen-bond acceptors (Lipinski definition) is 1. The van der Waals surface area contributed by atoms with Crippen molar-refractivity contribution in [2.24, 2.45) is 0 Å². The van der Waals surface area contributed by atoms with Crippen LogP contribution in [0.2, 0.25) is 0 Å². The van der Waals surface area contributed by atoms with E-state index >= 15 is 0 Å². The standard InChI is InChI=1S/C10H10O/c1-4-9-8(2)6-5-7-10(9)11-3/h1,5-7H,2-3H3. The van der Waals surface area contributed by atoms with Crippen molar-refractivity contribution in [3.63, 3.8) is 0 Å². The Morgan fingerprint density at radius 1 is 1.45 bits per heavy atom. The van der Waals surface area contributed by atoms with Gasteiger partial charge in [-0.15, -0.1) is 6.42 Å². The topological polar surface area (TPSA) is 9.23 Å². The largest absolute Gasteiger partial charge is 0.495 e. The van der Waals surface area contributed by atoms with Gasteiger partial charge in [0.1, 0.15) is 5.75 Å². The molecule has 0 bridgehead atoms. The Hall–Kier alpha value is -1.42. The molecule has 1 nitrogen and oxygen atoms in total. The maximum atomic E-state index is 5.30. The SMILES string of the molecule is C#Cc1c(C)cccc1OC. The number of methoxy groups -OCH3 is 1. The summed E-state index contributed by atoms with van der Waals surface area (Å²) in [6.45, 7) is 1.97. The van der Waals surface area contributed by atoms with E-state index in [4.69, 9.17) is 11.2 Å². The van der Waals surface area contributed by atoms with Crippen molar-refractivity contribution in [2.45, 2.75) is 6.92 Å². The fraction of sp³-hybridized carbons (Fsp3) is 0.200. The molecule has 0 radical (unpaired) electrons. The molecule has 0 spiro atoms. The van der Waals surface area contributed by atoms with Crippen molar-refractivity contribution < 1.29 is 4.74 Å². The molecule has 0 unspecified atom stereocenters. The minimum absolute atomic E-state index is 0.771. The van der Waals surface area contributed by atoms with Gasteiger partial charge in [-0.3, -0.25) is 0 Å². The van der Waals surface area contributed by atoms with Crippen molar-refractivity contribution in [1.82, 2.24) is 0 Å². The quantitative estimate of drug-likeness (QED) is 0.550. The average Bonchev–Trinajstić information content (AvgIpc) is 2.04. The van der Waals surface area contributed by atoms with Crippen molar-refractivity contribution in [1.29, 1.82) is 0 Å². The zero-order valence-corrected chi connectivity index (χ0v) is 6.72. The Kier molecular flexibility index (Phi) is 2.18. The summed E-state index contributed by atoms with van der Waals surface area (Å²) < 4.78 is 5.07. The molecular formula is C10H10O. The summed E-state index contributed by atoms with van der Waals surface area (Å²) in [5, 5.41) is 0. The summed E-state index contributed by atoms with van der Waals surface area (Å²) in [5.74, 6) is 3.36. The molecule has 1 rings (SSSR count). The van der Waals surface area contributed by atoms with Crippen molar-refractivity contribution in [3.8, 4) is 18.1 Å². The van der Waals surface area contributed by atoms with Crippen LogP contribution in [0, 0.1) is 19.3 Å². The van der Waals surface area contributed by atoms with Crippen LogP contribution in [0.4, 0.5) is 0 Å². The van der Waals surface area contributed by atoms with Gasteiger partial charge in [0.15, 0.2) is 0 Å². The van der Waals surface area contributed by atoms with E-state index in [1.54, 1.807) is 7.11 Å². The van der Waals surface area contributed by atoms with Crippen LogP contribution in [-0.4, -0.2) is 7.11 Å². The van der Waals surface area contributed by atoms with Gasteiger partial charge in [-0.2, -0.15) is 0 Å². The van der Waals surface area contributed by atoms with Crippen molar-refractivity contribution >= 4 is 0 Å². The molecule has 0 aliphatic carbocycles. The van der Waals surface area contributed by atoms with E-state index in [-0.39, 0.29) is 0 Å². The first-order chi connectivity index (χ1) is 5.29. The molecule has 0 saturated carbocycles. The molecule has 56 valence electrons. The summed E-state index contributed by atoms with van der Waals surface area (Å²) in [5.41, 5.74) is 1.92. The van der Waals surface area contributed by atoms with Gasteiger partial charge in [0, 0.05) is 0 Å². The third kappa shape index (κ3) is 1.35. The van der Waals surface area contributed by atoms with E-state index in [0.29, 0.717) is 0 Å². The Labute approximate surface area is 67.0 Å². The average molecular weight is 146 g/mol. The summed E-state index contributed by atoms with van der Waals surface area (Å²) in [6, 6.07) is 5.76. The number of ether oxygens (including phenoxy) is 1. The molecule has 0 aromatic heterocycles. The fourth-order valence-electron chi connectivity index (χ4n) is 0.996. The molecule has 0 N–H and O–H groups in total. The van der Waals surface area contributed by atoms with Gasteiger partial charge in [-0.05, 0) is 18.6 Å². The van der Waals surface area contributed by atoms with Gasteiger partial charge < -0.3 is 4.74 Å².